The second-order valence-corrected chi connectivity index (χ2v) is 8.01. The van der Waals surface area contributed by atoms with Crippen molar-refractivity contribution in [1.82, 2.24) is 15.5 Å². The first-order chi connectivity index (χ1) is 16.8. The number of ketones is 1. The molecule has 0 aromatic heterocycles. The van der Waals surface area contributed by atoms with Gasteiger partial charge in [-0.1, -0.05) is 0 Å². The number of hydrogen-bond acceptors (Lipinski definition) is 11. The largest absolute Gasteiger partial charge is 0.378 e. The highest BCUT2D eigenvalue weighted by atomic mass is 32.1. The predicted octanol–water partition coefficient (Wildman–Crippen LogP) is -2.05. The van der Waals surface area contributed by atoms with E-state index in [9.17, 15) is 24.0 Å². The molecule has 1 rings (SSSR count). The van der Waals surface area contributed by atoms with Crippen LogP contribution < -0.4 is 10.6 Å². The van der Waals surface area contributed by atoms with Gasteiger partial charge in [0.1, 0.15) is 19.8 Å². The van der Waals surface area contributed by atoms with Crippen LogP contribution in [0.25, 0.3) is 0 Å². The van der Waals surface area contributed by atoms with Crippen molar-refractivity contribution in [2.75, 3.05) is 85.7 Å². The maximum Gasteiger partial charge on any atom is 0.246 e. The number of nitrogens with one attached hydrogen (secondary N) is 2. The Morgan fingerprint density at radius 2 is 1.31 bits per heavy atom. The van der Waals surface area contributed by atoms with Crippen LogP contribution in [0.1, 0.15) is 13.3 Å². The summed E-state index contributed by atoms with van der Waals surface area (Å²) in [6.45, 7) is 3.70. The van der Waals surface area contributed by atoms with Crippen molar-refractivity contribution in [3.63, 3.8) is 0 Å². The molecule has 13 nitrogen and oxygen atoms in total. The molecule has 1 unspecified atom stereocenters. The van der Waals surface area contributed by atoms with Gasteiger partial charge in [0.2, 0.25) is 23.6 Å². The zero-order valence-electron chi connectivity index (χ0n) is 20.0. The molecule has 1 fully saturated rings. The lowest BCUT2D eigenvalue weighted by Crippen LogP contribution is -2.34. The van der Waals surface area contributed by atoms with E-state index in [0.29, 0.717) is 26.3 Å². The number of carbonyl (C=O) groups excluding carboxylic acids is 5. The molecular weight excluding hydrogens is 486 g/mol. The number of carbonyl (C=O) groups is 5. The Kier molecular flexibility index (Phi) is 16.9. The maximum atomic E-state index is 11.7. The molecule has 2 N–H and O–H groups in total. The highest BCUT2D eigenvalue weighted by molar-refractivity contribution is 7.81. The Morgan fingerprint density at radius 1 is 0.800 bits per heavy atom. The summed E-state index contributed by atoms with van der Waals surface area (Å²) in [4.78, 5) is 58.1. The lowest BCUT2D eigenvalue weighted by atomic mass is 10.4. The second-order valence-electron chi connectivity index (χ2n) is 7.39. The van der Waals surface area contributed by atoms with Gasteiger partial charge in [-0.3, -0.25) is 28.9 Å². The van der Waals surface area contributed by atoms with Gasteiger partial charge in [-0.25, -0.2) is 0 Å². The normalized spacial score (nSPS) is 15.5. The Labute approximate surface area is 209 Å². The van der Waals surface area contributed by atoms with E-state index in [1.165, 1.54) is 6.92 Å². The molecule has 35 heavy (non-hydrogen) atoms. The SMILES string of the molecule is CC(=O)COCC(=O)NCCOCCNC(=O)COCCOCCOCCN1C(=O)CC(S)C1=O. The molecule has 1 heterocycles. The second kappa shape index (κ2) is 19.1. The first-order valence-corrected chi connectivity index (χ1v) is 11.8. The van der Waals surface area contributed by atoms with Gasteiger partial charge in [0, 0.05) is 19.5 Å². The monoisotopic (exact) mass is 521 g/mol. The van der Waals surface area contributed by atoms with Crippen LogP contribution in [-0.4, -0.2) is 125 Å². The van der Waals surface area contributed by atoms with Gasteiger partial charge in [0.15, 0.2) is 5.78 Å². The Bertz CT molecular complexity index is 694. The molecule has 0 spiro atoms. The number of imide groups is 1. The van der Waals surface area contributed by atoms with E-state index in [4.69, 9.17) is 23.7 Å². The summed E-state index contributed by atoms with van der Waals surface area (Å²) in [5.74, 6) is -1.30. The number of likely N-dealkylation sites (tertiary alicyclic amines) is 1. The average molecular weight is 522 g/mol. The summed E-state index contributed by atoms with van der Waals surface area (Å²) in [6.07, 6.45) is 0.125. The lowest BCUT2D eigenvalue weighted by molar-refractivity contribution is -0.139. The first-order valence-electron chi connectivity index (χ1n) is 11.2. The Hall–Kier alpha value is -2.10. The van der Waals surface area contributed by atoms with E-state index in [-0.39, 0.29) is 95.2 Å². The van der Waals surface area contributed by atoms with Crippen LogP contribution in [0.15, 0.2) is 0 Å². The van der Waals surface area contributed by atoms with Crippen LogP contribution in [0, 0.1) is 0 Å². The summed E-state index contributed by atoms with van der Waals surface area (Å²) in [5.41, 5.74) is 0. The van der Waals surface area contributed by atoms with Crippen molar-refractivity contribution in [2.24, 2.45) is 0 Å². The van der Waals surface area contributed by atoms with Gasteiger partial charge in [0.05, 0.1) is 58.0 Å². The fourth-order valence-electron chi connectivity index (χ4n) is 2.68. The molecule has 0 bridgehead atoms. The highest BCUT2D eigenvalue weighted by Crippen LogP contribution is 2.17. The summed E-state index contributed by atoms with van der Waals surface area (Å²) in [5, 5.41) is 4.65. The molecule has 0 radical (unpaired) electrons. The zero-order chi connectivity index (χ0) is 25.9. The summed E-state index contributed by atoms with van der Waals surface area (Å²) < 4.78 is 26.0. The van der Waals surface area contributed by atoms with Crippen molar-refractivity contribution >= 4 is 42.0 Å². The van der Waals surface area contributed by atoms with Crippen LogP contribution in [0.5, 0.6) is 0 Å². The van der Waals surface area contributed by atoms with Crippen LogP contribution in [-0.2, 0) is 47.7 Å². The maximum absolute atomic E-state index is 11.7. The molecule has 1 saturated heterocycles. The molecule has 0 aliphatic carbocycles. The number of ether oxygens (including phenoxy) is 5. The lowest BCUT2D eigenvalue weighted by Gasteiger charge is -2.14. The smallest absolute Gasteiger partial charge is 0.246 e. The van der Waals surface area contributed by atoms with E-state index in [1.807, 2.05) is 0 Å². The van der Waals surface area contributed by atoms with Gasteiger partial charge in [-0.15, -0.1) is 0 Å². The van der Waals surface area contributed by atoms with E-state index < -0.39 is 5.25 Å². The molecule has 1 atom stereocenters. The molecule has 0 saturated carbocycles. The summed E-state index contributed by atoms with van der Waals surface area (Å²) >= 11 is 4.05. The predicted molar refractivity (Wildman–Crippen MR) is 125 cm³/mol. The number of amides is 4. The van der Waals surface area contributed by atoms with Crippen LogP contribution in [0.3, 0.4) is 0 Å². The van der Waals surface area contributed by atoms with Crippen molar-refractivity contribution in [2.45, 2.75) is 18.6 Å². The molecular formula is C21H35N3O10S. The standard InChI is InChI=1S/C21H35N3O10S/c1-16(25)13-34-15-19(27)23-3-6-30-5-2-22-18(26)14-33-11-10-32-9-8-31-7-4-24-20(28)12-17(35)21(24)29/h17,35H,2-15H2,1H3,(H,22,26)(H,23,27). The highest BCUT2D eigenvalue weighted by Gasteiger charge is 2.35. The third kappa shape index (κ3) is 15.5. The van der Waals surface area contributed by atoms with Gasteiger partial charge in [-0.2, -0.15) is 12.6 Å². The zero-order valence-corrected chi connectivity index (χ0v) is 20.8. The molecule has 4 amide bonds. The van der Waals surface area contributed by atoms with Gasteiger partial charge >= 0.3 is 0 Å². The number of rotatable bonds is 21. The molecule has 14 heteroatoms. The van der Waals surface area contributed by atoms with Gasteiger partial charge in [0.25, 0.3) is 0 Å². The van der Waals surface area contributed by atoms with E-state index in [1.54, 1.807) is 0 Å². The minimum Gasteiger partial charge on any atom is -0.378 e. The van der Waals surface area contributed by atoms with E-state index in [2.05, 4.69) is 23.3 Å². The minimum absolute atomic E-state index is 0.0955. The van der Waals surface area contributed by atoms with E-state index >= 15 is 0 Å². The third-order valence-electron chi connectivity index (χ3n) is 4.33. The molecule has 200 valence electrons. The van der Waals surface area contributed by atoms with Crippen molar-refractivity contribution < 1.29 is 47.7 Å². The number of hydrogen-bond donors (Lipinski definition) is 3. The van der Waals surface area contributed by atoms with Gasteiger partial charge in [-0.05, 0) is 6.92 Å². The molecule has 0 aromatic carbocycles. The van der Waals surface area contributed by atoms with Crippen LogP contribution in [0.4, 0.5) is 0 Å². The number of thiol groups is 1. The van der Waals surface area contributed by atoms with Gasteiger partial charge < -0.3 is 34.3 Å². The Morgan fingerprint density at radius 3 is 1.86 bits per heavy atom. The number of Topliss-reactive ketones (excluding diaryl/α,β-unsaturated/α-hetero) is 1. The topological polar surface area (TPSA) is 159 Å². The summed E-state index contributed by atoms with van der Waals surface area (Å²) in [6, 6.07) is 0. The minimum atomic E-state index is -0.556. The molecule has 0 aromatic rings. The fraction of sp³-hybridized carbons (Fsp3) is 0.762. The average Bonchev–Trinajstić information content (AvgIpc) is 3.05. The van der Waals surface area contributed by atoms with E-state index in [0.717, 1.165) is 4.90 Å². The van der Waals surface area contributed by atoms with Crippen molar-refractivity contribution in [1.29, 1.82) is 0 Å². The first kappa shape index (κ1) is 30.9. The quantitative estimate of drug-likeness (QED) is 0.0872. The molecule has 1 aliphatic heterocycles. The van der Waals surface area contributed by atoms with Crippen LogP contribution >= 0.6 is 12.6 Å². The number of nitrogens with zero attached hydrogens (tertiary/aromatic N) is 1. The molecule has 1 aliphatic rings. The third-order valence-corrected chi connectivity index (χ3v) is 4.74. The fourth-order valence-corrected chi connectivity index (χ4v) is 2.97. The Balaban J connectivity index is 1.82. The van der Waals surface area contributed by atoms with Crippen LogP contribution in [0.2, 0.25) is 0 Å². The van der Waals surface area contributed by atoms with Crippen molar-refractivity contribution in [3.05, 3.63) is 0 Å². The van der Waals surface area contributed by atoms with Crippen molar-refractivity contribution in [3.8, 4) is 0 Å². The summed E-state index contributed by atoms with van der Waals surface area (Å²) in [7, 11) is 0.